The van der Waals surface area contributed by atoms with Gasteiger partial charge in [-0.2, -0.15) is 0 Å². The highest BCUT2D eigenvalue weighted by molar-refractivity contribution is 5.76. The topological polar surface area (TPSA) is 46.5 Å². The number of carboxylic acid groups (broad SMARTS) is 1. The standard InChI is InChI=1S/C12H13FO3/c1-16-10(11(14)15)12(6-7-12)8-4-2-3-5-9(8)13/h2-5,10H,6-7H2,1H3,(H,14,15). The summed E-state index contributed by atoms with van der Waals surface area (Å²) in [6.07, 6.45) is 0.335. The van der Waals surface area contributed by atoms with Gasteiger partial charge in [0.2, 0.25) is 0 Å². The molecule has 0 radical (unpaired) electrons. The van der Waals surface area contributed by atoms with Gasteiger partial charge in [0, 0.05) is 12.5 Å². The van der Waals surface area contributed by atoms with E-state index in [2.05, 4.69) is 0 Å². The molecule has 0 spiro atoms. The van der Waals surface area contributed by atoms with E-state index in [1.54, 1.807) is 18.2 Å². The van der Waals surface area contributed by atoms with E-state index in [4.69, 9.17) is 9.84 Å². The normalized spacial score (nSPS) is 19.1. The lowest BCUT2D eigenvalue weighted by Gasteiger charge is -2.22. The third-order valence-electron chi connectivity index (χ3n) is 3.16. The van der Waals surface area contributed by atoms with Crippen molar-refractivity contribution < 1.29 is 19.0 Å². The Balaban J connectivity index is 2.39. The number of ether oxygens (including phenoxy) is 1. The zero-order valence-electron chi connectivity index (χ0n) is 8.94. The van der Waals surface area contributed by atoms with Crippen LogP contribution in [0.2, 0.25) is 0 Å². The highest BCUT2D eigenvalue weighted by Gasteiger charge is 2.55. The van der Waals surface area contributed by atoms with Crippen molar-refractivity contribution in [3.63, 3.8) is 0 Å². The lowest BCUT2D eigenvalue weighted by molar-refractivity contribution is -0.150. The molecular formula is C12H13FO3. The second-order valence-corrected chi connectivity index (χ2v) is 4.09. The molecule has 0 saturated heterocycles. The third-order valence-corrected chi connectivity index (χ3v) is 3.16. The van der Waals surface area contributed by atoms with Crippen molar-refractivity contribution in [3.8, 4) is 0 Å². The molecule has 1 saturated carbocycles. The van der Waals surface area contributed by atoms with Crippen LogP contribution < -0.4 is 0 Å². The first-order chi connectivity index (χ1) is 7.62. The van der Waals surface area contributed by atoms with Crippen LogP contribution in [0.3, 0.4) is 0 Å². The molecule has 0 aromatic heterocycles. The Bertz CT molecular complexity index is 412. The van der Waals surface area contributed by atoms with Gasteiger partial charge in [-0.3, -0.25) is 0 Å². The number of hydrogen-bond acceptors (Lipinski definition) is 2. The van der Waals surface area contributed by atoms with Crippen molar-refractivity contribution in [2.24, 2.45) is 0 Å². The van der Waals surface area contributed by atoms with Crippen LogP contribution in [-0.2, 0) is 14.9 Å². The number of aliphatic carboxylic acids is 1. The van der Waals surface area contributed by atoms with Crippen molar-refractivity contribution in [1.82, 2.24) is 0 Å². The fraction of sp³-hybridized carbons (Fsp3) is 0.417. The van der Waals surface area contributed by atoms with Crippen LogP contribution in [0.1, 0.15) is 18.4 Å². The van der Waals surface area contributed by atoms with Gasteiger partial charge >= 0.3 is 5.97 Å². The smallest absolute Gasteiger partial charge is 0.333 e. The van der Waals surface area contributed by atoms with Crippen LogP contribution in [0, 0.1) is 5.82 Å². The summed E-state index contributed by atoms with van der Waals surface area (Å²) in [7, 11) is 1.35. The zero-order chi connectivity index (χ0) is 11.8. The third kappa shape index (κ3) is 1.59. The van der Waals surface area contributed by atoms with Gasteiger partial charge in [0.05, 0.1) is 0 Å². The molecule has 4 heteroatoms. The van der Waals surface area contributed by atoms with Gasteiger partial charge < -0.3 is 9.84 Å². The van der Waals surface area contributed by atoms with E-state index in [-0.39, 0.29) is 5.82 Å². The van der Waals surface area contributed by atoms with Crippen LogP contribution in [0.4, 0.5) is 4.39 Å². The number of carboxylic acids is 1. The summed E-state index contributed by atoms with van der Waals surface area (Å²) in [6.45, 7) is 0. The molecule has 0 heterocycles. The number of methoxy groups -OCH3 is 1. The minimum Gasteiger partial charge on any atom is -0.479 e. The average molecular weight is 224 g/mol. The number of hydrogen-bond donors (Lipinski definition) is 1. The van der Waals surface area contributed by atoms with Gasteiger partial charge in [0.15, 0.2) is 6.10 Å². The molecule has 1 N–H and O–H groups in total. The Hall–Kier alpha value is -1.42. The molecule has 1 aliphatic carbocycles. The van der Waals surface area contributed by atoms with Gasteiger partial charge in [0.1, 0.15) is 5.82 Å². The molecule has 2 rings (SSSR count). The van der Waals surface area contributed by atoms with Gasteiger partial charge in [-0.15, -0.1) is 0 Å². The molecule has 0 bridgehead atoms. The van der Waals surface area contributed by atoms with Gasteiger partial charge in [-0.25, -0.2) is 9.18 Å². The predicted molar refractivity (Wildman–Crippen MR) is 55.7 cm³/mol. The fourth-order valence-corrected chi connectivity index (χ4v) is 2.24. The first-order valence-corrected chi connectivity index (χ1v) is 5.12. The molecule has 1 unspecified atom stereocenters. The Morgan fingerprint density at radius 2 is 2.12 bits per heavy atom. The van der Waals surface area contributed by atoms with Crippen molar-refractivity contribution in [2.45, 2.75) is 24.4 Å². The number of carbonyl (C=O) groups is 1. The lowest BCUT2D eigenvalue weighted by Crippen LogP contribution is -2.36. The Morgan fingerprint density at radius 1 is 1.50 bits per heavy atom. The summed E-state index contributed by atoms with van der Waals surface area (Å²) in [6, 6.07) is 6.30. The van der Waals surface area contributed by atoms with Crippen molar-refractivity contribution >= 4 is 5.97 Å². The second kappa shape index (κ2) is 3.87. The summed E-state index contributed by atoms with van der Waals surface area (Å²) in [4.78, 5) is 11.1. The fourth-order valence-electron chi connectivity index (χ4n) is 2.24. The molecule has 16 heavy (non-hydrogen) atoms. The maximum atomic E-state index is 13.6. The molecule has 1 fully saturated rings. The molecule has 1 atom stereocenters. The van der Waals surface area contributed by atoms with Gasteiger partial charge in [-0.05, 0) is 24.5 Å². The summed E-state index contributed by atoms with van der Waals surface area (Å²) >= 11 is 0. The number of benzene rings is 1. The Morgan fingerprint density at radius 3 is 2.56 bits per heavy atom. The molecule has 1 aromatic carbocycles. The highest BCUT2D eigenvalue weighted by Crippen LogP contribution is 2.52. The molecular weight excluding hydrogens is 211 g/mol. The minimum atomic E-state index is -1.04. The van der Waals surface area contributed by atoms with E-state index in [1.807, 2.05) is 0 Å². The Labute approximate surface area is 92.9 Å². The predicted octanol–water partition coefficient (Wildman–Crippen LogP) is 1.96. The molecule has 1 aliphatic rings. The maximum absolute atomic E-state index is 13.6. The van der Waals surface area contributed by atoms with Crippen molar-refractivity contribution in [3.05, 3.63) is 35.6 Å². The first-order valence-electron chi connectivity index (χ1n) is 5.12. The average Bonchev–Trinajstić information content (AvgIpc) is 3.00. The van der Waals surface area contributed by atoms with E-state index in [9.17, 15) is 9.18 Å². The van der Waals surface area contributed by atoms with Crippen LogP contribution >= 0.6 is 0 Å². The summed E-state index contributed by atoms with van der Waals surface area (Å²) < 4.78 is 18.6. The molecule has 1 aromatic rings. The lowest BCUT2D eigenvalue weighted by atomic mass is 9.89. The van der Waals surface area contributed by atoms with Crippen molar-refractivity contribution in [2.75, 3.05) is 7.11 Å². The molecule has 0 aliphatic heterocycles. The Kier molecular flexibility index (Phi) is 2.68. The zero-order valence-corrected chi connectivity index (χ0v) is 8.94. The largest absolute Gasteiger partial charge is 0.479 e. The summed E-state index contributed by atoms with van der Waals surface area (Å²) in [5.74, 6) is -1.40. The van der Waals surface area contributed by atoms with E-state index in [0.717, 1.165) is 0 Å². The van der Waals surface area contributed by atoms with Gasteiger partial charge in [0.25, 0.3) is 0 Å². The summed E-state index contributed by atoms with van der Waals surface area (Å²) in [5.41, 5.74) is -0.226. The van der Waals surface area contributed by atoms with Gasteiger partial charge in [-0.1, -0.05) is 18.2 Å². The minimum absolute atomic E-state index is 0.358. The van der Waals surface area contributed by atoms with E-state index in [0.29, 0.717) is 18.4 Å². The van der Waals surface area contributed by atoms with Crippen LogP contribution in [0.5, 0.6) is 0 Å². The molecule has 3 nitrogen and oxygen atoms in total. The SMILES string of the molecule is COC(C(=O)O)C1(c2ccccc2F)CC1. The van der Waals surface area contributed by atoms with E-state index >= 15 is 0 Å². The molecule has 86 valence electrons. The number of halogens is 1. The molecule has 0 amide bonds. The maximum Gasteiger partial charge on any atom is 0.333 e. The second-order valence-electron chi connectivity index (χ2n) is 4.09. The van der Waals surface area contributed by atoms with Crippen molar-refractivity contribution in [1.29, 1.82) is 0 Å². The number of rotatable bonds is 4. The van der Waals surface area contributed by atoms with Crippen LogP contribution in [0.25, 0.3) is 0 Å². The van der Waals surface area contributed by atoms with Crippen LogP contribution in [0.15, 0.2) is 24.3 Å². The van der Waals surface area contributed by atoms with Crippen LogP contribution in [-0.4, -0.2) is 24.3 Å². The quantitative estimate of drug-likeness (QED) is 0.850. The van der Waals surface area contributed by atoms with E-state index < -0.39 is 17.5 Å². The highest BCUT2D eigenvalue weighted by atomic mass is 19.1. The van der Waals surface area contributed by atoms with E-state index in [1.165, 1.54) is 13.2 Å². The monoisotopic (exact) mass is 224 g/mol. The summed E-state index contributed by atoms with van der Waals surface area (Å²) in [5, 5.41) is 9.05. The first kappa shape index (κ1) is 11.1.